The highest BCUT2D eigenvalue weighted by atomic mass is 16.6. The van der Waals surface area contributed by atoms with Gasteiger partial charge in [0.2, 0.25) is 11.8 Å². The van der Waals surface area contributed by atoms with E-state index >= 15 is 0 Å². The molecule has 0 aliphatic rings. The number of anilines is 1. The van der Waals surface area contributed by atoms with Crippen molar-refractivity contribution in [3.8, 4) is 5.88 Å². The highest BCUT2D eigenvalue weighted by Gasteiger charge is 2.16. The first-order valence-corrected chi connectivity index (χ1v) is 8.07. The van der Waals surface area contributed by atoms with Gasteiger partial charge in [-0.25, -0.2) is 9.78 Å². The lowest BCUT2D eigenvalue weighted by Crippen LogP contribution is -2.34. The van der Waals surface area contributed by atoms with Crippen molar-refractivity contribution in [1.29, 1.82) is 0 Å². The van der Waals surface area contributed by atoms with Crippen molar-refractivity contribution < 1.29 is 24.1 Å². The van der Waals surface area contributed by atoms with Gasteiger partial charge in [0.15, 0.2) is 11.2 Å². The molecule has 26 heavy (non-hydrogen) atoms. The van der Waals surface area contributed by atoms with Crippen LogP contribution in [0, 0.1) is 0 Å². The van der Waals surface area contributed by atoms with Crippen LogP contribution in [0.1, 0.15) is 20.8 Å². The van der Waals surface area contributed by atoms with Gasteiger partial charge in [0, 0.05) is 0 Å². The van der Waals surface area contributed by atoms with E-state index in [-0.39, 0.29) is 44.9 Å². The van der Waals surface area contributed by atoms with Gasteiger partial charge in [-0.1, -0.05) is 0 Å². The number of nitrogens with two attached hydrogens (primary N) is 1. The van der Waals surface area contributed by atoms with Gasteiger partial charge in [-0.2, -0.15) is 9.97 Å². The largest absolute Gasteiger partial charge is 0.474 e. The van der Waals surface area contributed by atoms with Crippen LogP contribution in [0.3, 0.4) is 0 Å². The van der Waals surface area contributed by atoms with Crippen LogP contribution < -0.4 is 15.8 Å². The third-order valence-corrected chi connectivity index (χ3v) is 2.92. The van der Waals surface area contributed by atoms with Gasteiger partial charge < -0.3 is 30.4 Å². The molecule has 0 fully saturated rings. The van der Waals surface area contributed by atoms with Crippen LogP contribution in [0.5, 0.6) is 5.88 Å². The van der Waals surface area contributed by atoms with Crippen molar-refractivity contribution in [1.82, 2.24) is 24.8 Å². The summed E-state index contributed by atoms with van der Waals surface area (Å²) in [4.78, 5) is 23.9. The number of carbonyl (C=O) groups is 1. The van der Waals surface area contributed by atoms with Crippen molar-refractivity contribution in [2.75, 3.05) is 32.1 Å². The Kier molecular flexibility index (Phi) is 6.52. The van der Waals surface area contributed by atoms with E-state index in [9.17, 15) is 4.79 Å². The fourth-order valence-electron chi connectivity index (χ4n) is 1.97. The quantitative estimate of drug-likeness (QED) is 0.559. The van der Waals surface area contributed by atoms with Crippen LogP contribution in [0.25, 0.3) is 11.2 Å². The summed E-state index contributed by atoms with van der Waals surface area (Å²) in [6.07, 6.45) is 0.987. The van der Waals surface area contributed by atoms with E-state index in [0.717, 1.165) is 0 Å². The van der Waals surface area contributed by atoms with Crippen LogP contribution in [0.2, 0.25) is 0 Å². The number of aromatic nitrogens is 4. The zero-order valence-electron chi connectivity index (χ0n) is 15.1. The molecule has 1 amide bonds. The number of hydrogen-bond donors (Lipinski definition) is 3. The monoisotopic (exact) mass is 368 g/mol. The minimum Gasteiger partial charge on any atom is -0.474 e. The Labute approximate surface area is 150 Å². The van der Waals surface area contributed by atoms with E-state index in [1.807, 2.05) is 0 Å². The third-order valence-electron chi connectivity index (χ3n) is 2.92. The number of rotatable bonds is 8. The van der Waals surface area contributed by atoms with Crippen LogP contribution in [0.15, 0.2) is 6.33 Å². The second-order valence-corrected chi connectivity index (χ2v) is 6.31. The Hall–Kier alpha value is -2.66. The Balaban J connectivity index is 1.96. The summed E-state index contributed by atoms with van der Waals surface area (Å²) in [5.74, 6) is 0.232. The molecule has 0 bridgehead atoms. The molecule has 2 aromatic rings. The number of imidazole rings is 1. The molecule has 0 spiro atoms. The molecule has 4 N–H and O–H groups in total. The first-order valence-electron chi connectivity index (χ1n) is 8.07. The number of nitrogens with one attached hydrogen (secondary N) is 1. The lowest BCUT2D eigenvalue weighted by molar-refractivity contribution is 0.0499. The molecule has 144 valence electrons. The number of aliphatic hydroxyl groups excluding tert-OH is 1. The van der Waals surface area contributed by atoms with E-state index in [1.165, 1.54) is 6.33 Å². The van der Waals surface area contributed by atoms with Gasteiger partial charge >= 0.3 is 6.09 Å². The standard InChI is InChI=1S/C15H24N6O5/c1-15(2,3)26-14(23)17-4-6-25-12-10-11(19-13(16)20-12)21(8-18-10)9-24-7-5-22/h8,22H,4-7,9H2,1-3H3,(H,17,23)(H2,16,19,20). The average Bonchev–Trinajstić information content (AvgIpc) is 2.93. The molecule has 2 rings (SSSR count). The van der Waals surface area contributed by atoms with Crippen molar-refractivity contribution in [2.24, 2.45) is 0 Å². The van der Waals surface area contributed by atoms with Gasteiger partial charge in [0.1, 0.15) is 18.9 Å². The summed E-state index contributed by atoms with van der Waals surface area (Å²) in [7, 11) is 0. The molecule has 11 heteroatoms. The SMILES string of the molecule is CC(C)(C)OC(=O)NCCOc1nc(N)nc2c1ncn2COCCO. The number of nitrogens with zero attached hydrogens (tertiary/aromatic N) is 4. The molecule has 0 atom stereocenters. The molecule has 2 heterocycles. The molecule has 0 saturated carbocycles. The fraction of sp³-hybridized carbons (Fsp3) is 0.600. The van der Waals surface area contributed by atoms with Crippen molar-refractivity contribution in [3.63, 3.8) is 0 Å². The number of ether oxygens (including phenoxy) is 3. The van der Waals surface area contributed by atoms with Crippen LogP contribution in [-0.4, -0.2) is 62.7 Å². The van der Waals surface area contributed by atoms with Crippen molar-refractivity contribution in [3.05, 3.63) is 6.33 Å². The molecule has 11 nitrogen and oxygen atoms in total. The highest BCUT2D eigenvalue weighted by molar-refractivity contribution is 5.77. The Morgan fingerprint density at radius 1 is 1.35 bits per heavy atom. The first-order chi connectivity index (χ1) is 12.3. The summed E-state index contributed by atoms with van der Waals surface area (Å²) in [5.41, 5.74) is 6.02. The summed E-state index contributed by atoms with van der Waals surface area (Å²) < 4.78 is 17.6. The highest BCUT2D eigenvalue weighted by Crippen LogP contribution is 2.21. The summed E-state index contributed by atoms with van der Waals surface area (Å²) in [6.45, 7) is 5.99. The molecular formula is C15H24N6O5. The predicted molar refractivity (Wildman–Crippen MR) is 92.5 cm³/mol. The molecule has 0 aromatic carbocycles. The van der Waals surface area contributed by atoms with E-state index in [4.69, 9.17) is 25.1 Å². The van der Waals surface area contributed by atoms with E-state index in [2.05, 4.69) is 20.3 Å². The zero-order valence-corrected chi connectivity index (χ0v) is 15.1. The maximum Gasteiger partial charge on any atom is 0.407 e. The van der Waals surface area contributed by atoms with Gasteiger partial charge in [-0.15, -0.1) is 0 Å². The Bertz CT molecular complexity index is 742. The number of fused-ring (bicyclic) bond motifs is 1. The lowest BCUT2D eigenvalue weighted by atomic mass is 10.2. The molecule has 0 aliphatic heterocycles. The zero-order chi connectivity index (χ0) is 19.2. The van der Waals surface area contributed by atoms with Crippen molar-refractivity contribution >= 4 is 23.2 Å². The first kappa shape index (κ1) is 19.7. The number of aliphatic hydroxyl groups is 1. The fourth-order valence-corrected chi connectivity index (χ4v) is 1.97. The molecule has 0 saturated heterocycles. The van der Waals surface area contributed by atoms with E-state index < -0.39 is 11.7 Å². The molecule has 0 unspecified atom stereocenters. The number of carbonyl (C=O) groups excluding carboxylic acids is 1. The predicted octanol–water partition coefficient (Wildman–Crippen LogP) is 0.278. The number of amides is 1. The summed E-state index contributed by atoms with van der Waals surface area (Å²) in [5, 5.41) is 11.3. The topological polar surface area (TPSA) is 147 Å². The van der Waals surface area contributed by atoms with Crippen LogP contribution in [0.4, 0.5) is 10.7 Å². The maximum absolute atomic E-state index is 11.6. The Morgan fingerprint density at radius 2 is 2.12 bits per heavy atom. The lowest BCUT2D eigenvalue weighted by Gasteiger charge is -2.19. The molecule has 2 aromatic heterocycles. The number of hydrogen-bond acceptors (Lipinski definition) is 9. The maximum atomic E-state index is 11.6. The summed E-state index contributed by atoms with van der Waals surface area (Å²) >= 11 is 0. The van der Waals surface area contributed by atoms with Crippen LogP contribution in [-0.2, 0) is 16.2 Å². The average molecular weight is 368 g/mol. The second kappa shape index (κ2) is 8.63. The second-order valence-electron chi connectivity index (χ2n) is 6.31. The number of nitrogen functional groups attached to an aromatic ring is 1. The van der Waals surface area contributed by atoms with E-state index in [1.54, 1.807) is 25.3 Å². The minimum atomic E-state index is -0.566. The van der Waals surface area contributed by atoms with Gasteiger partial charge in [0.25, 0.3) is 0 Å². The van der Waals surface area contributed by atoms with Crippen molar-refractivity contribution in [2.45, 2.75) is 33.1 Å². The van der Waals surface area contributed by atoms with Crippen LogP contribution >= 0.6 is 0 Å². The molecule has 0 aliphatic carbocycles. The Morgan fingerprint density at radius 3 is 2.81 bits per heavy atom. The van der Waals surface area contributed by atoms with E-state index in [0.29, 0.717) is 11.2 Å². The van der Waals surface area contributed by atoms with Gasteiger partial charge in [0.05, 0.1) is 26.1 Å². The molecular weight excluding hydrogens is 344 g/mol. The third kappa shape index (κ3) is 5.70. The number of alkyl carbamates (subject to hydrolysis) is 1. The normalized spacial score (nSPS) is 11.5. The van der Waals surface area contributed by atoms with Gasteiger partial charge in [-0.3, -0.25) is 4.57 Å². The van der Waals surface area contributed by atoms with Gasteiger partial charge in [-0.05, 0) is 20.8 Å². The smallest absolute Gasteiger partial charge is 0.407 e. The molecule has 0 radical (unpaired) electrons. The summed E-state index contributed by atoms with van der Waals surface area (Å²) in [6, 6.07) is 0. The minimum absolute atomic E-state index is 0.0245.